The molecule has 32 heavy (non-hydrogen) atoms. The molecule has 0 saturated heterocycles. The first-order valence-electron chi connectivity index (χ1n) is 10.6. The summed E-state index contributed by atoms with van der Waals surface area (Å²) in [6, 6.07) is 19.5. The van der Waals surface area contributed by atoms with Gasteiger partial charge in [0.15, 0.2) is 6.10 Å². The number of nitrogens with zero attached hydrogens (tertiary/aromatic N) is 1. The molecule has 168 valence electrons. The summed E-state index contributed by atoms with van der Waals surface area (Å²) in [5.41, 5.74) is 2.28. The van der Waals surface area contributed by atoms with Crippen LogP contribution in [0.5, 0.6) is 5.75 Å². The average Bonchev–Trinajstić information content (AvgIpc) is 2.74. The van der Waals surface area contributed by atoms with E-state index in [1.54, 1.807) is 6.07 Å². The van der Waals surface area contributed by atoms with E-state index in [0.29, 0.717) is 18.0 Å². The highest BCUT2D eigenvalue weighted by Crippen LogP contribution is 2.38. The molecule has 0 spiro atoms. The Morgan fingerprint density at radius 2 is 1.78 bits per heavy atom. The van der Waals surface area contributed by atoms with E-state index >= 15 is 0 Å². The monoisotopic (exact) mass is 452 g/mol. The highest BCUT2D eigenvalue weighted by atomic mass is 32.2. The van der Waals surface area contributed by atoms with Crippen molar-refractivity contribution in [3.63, 3.8) is 0 Å². The molecule has 0 bridgehead atoms. The van der Waals surface area contributed by atoms with Crippen LogP contribution < -0.4 is 14.4 Å². The molecule has 1 N–H and O–H groups in total. The molecule has 0 saturated carbocycles. The van der Waals surface area contributed by atoms with Gasteiger partial charge >= 0.3 is 0 Å². The van der Waals surface area contributed by atoms with Crippen LogP contribution in [-0.4, -0.2) is 33.2 Å². The van der Waals surface area contributed by atoms with Crippen LogP contribution in [0.4, 0.5) is 5.69 Å². The number of hydrogen-bond donors (Lipinski definition) is 1. The molecule has 0 radical (unpaired) electrons. The van der Waals surface area contributed by atoms with Crippen molar-refractivity contribution >= 4 is 32.4 Å². The van der Waals surface area contributed by atoms with Crippen LogP contribution in [0.1, 0.15) is 31.9 Å². The zero-order chi connectivity index (χ0) is 23.1. The van der Waals surface area contributed by atoms with Crippen molar-refractivity contribution in [1.82, 2.24) is 5.32 Å². The quantitative estimate of drug-likeness (QED) is 0.650. The topological polar surface area (TPSA) is 75.7 Å². The Balaban J connectivity index is 1.54. The molecule has 0 fully saturated rings. The Labute approximate surface area is 189 Å². The van der Waals surface area contributed by atoms with Crippen LogP contribution in [0.2, 0.25) is 0 Å². The summed E-state index contributed by atoms with van der Waals surface area (Å²) in [7, 11) is -3.59. The van der Waals surface area contributed by atoms with Crippen molar-refractivity contribution in [2.75, 3.05) is 17.1 Å². The molecule has 1 atom stereocenters. The van der Waals surface area contributed by atoms with Crippen molar-refractivity contribution in [1.29, 1.82) is 0 Å². The van der Waals surface area contributed by atoms with Gasteiger partial charge in [-0.2, -0.15) is 0 Å². The minimum Gasteiger partial charge on any atom is -0.476 e. The van der Waals surface area contributed by atoms with Crippen LogP contribution in [0, 0.1) is 0 Å². The second kappa shape index (κ2) is 8.13. The summed E-state index contributed by atoms with van der Waals surface area (Å²) in [4.78, 5) is 12.9. The normalized spacial score (nSPS) is 16.4. The lowest BCUT2D eigenvalue weighted by Crippen LogP contribution is -2.50. The lowest BCUT2D eigenvalue weighted by molar-refractivity contribution is -0.127. The number of benzene rings is 3. The lowest BCUT2D eigenvalue weighted by atomic mass is 9.86. The molecule has 1 aliphatic rings. The minimum absolute atomic E-state index is 0.0665. The number of sulfonamides is 1. The summed E-state index contributed by atoms with van der Waals surface area (Å²) in [6.07, 6.45) is 0.216. The summed E-state index contributed by atoms with van der Waals surface area (Å²) in [5, 5.41) is 5.12. The average molecular weight is 453 g/mol. The van der Waals surface area contributed by atoms with E-state index in [1.165, 1.54) is 4.31 Å². The number of carbonyl (C=O) groups is 1. The molecule has 7 heteroatoms. The van der Waals surface area contributed by atoms with E-state index in [-0.39, 0.29) is 17.9 Å². The second-order valence-corrected chi connectivity index (χ2v) is 11.1. The van der Waals surface area contributed by atoms with Gasteiger partial charge in [0.05, 0.1) is 18.5 Å². The van der Waals surface area contributed by atoms with Crippen molar-refractivity contribution in [2.45, 2.75) is 38.8 Å². The van der Waals surface area contributed by atoms with Crippen molar-refractivity contribution in [3.8, 4) is 5.75 Å². The number of fused-ring (bicyclic) bond motifs is 2. The Kier molecular flexibility index (Phi) is 5.63. The predicted octanol–water partition coefficient (Wildman–Crippen LogP) is 3.98. The van der Waals surface area contributed by atoms with Crippen molar-refractivity contribution in [3.05, 3.63) is 71.8 Å². The largest absolute Gasteiger partial charge is 0.476 e. The molecule has 1 aliphatic heterocycles. The van der Waals surface area contributed by atoms with Gasteiger partial charge in [0, 0.05) is 6.54 Å². The molecule has 4 rings (SSSR count). The fraction of sp³-hybridized carbons (Fsp3) is 0.320. The second-order valence-electron chi connectivity index (χ2n) is 9.23. The molecule has 0 aromatic heterocycles. The van der Waals surface area contributed by atoms with Gasteiger partial charge in [-0.3, -0.25) is 9.10 Å². The van der Waals surface area contributed by atoms with Crippen LogP contribution >= 0.6 is 0 Å². The molecular formula is C25H28N2O4S. The van der Waals surface area contributed by atoms with Gasteiger partial charge in [0.1, 0.15) is 5.75 Å². The van der Waals surface area contributed by atoms with E-state index in [1.807, 2.05) is 54.6 Å². The van der Waals surface area contributed by atoms with Crippen LogP contribution in [-0.2, 0) is 26.8 Å². The van der Waals surface area contributed by atoms with Gasteiger partial charge in [-0.15, -0.1) is 0 Å². The first-order valence-corrected chi connectivity index (χ1v) is 12.4. The zero-order valence-electron chi connectivity index (χ0n) is 18.8. The van der Waals surface area contributed by atoms with Crippen molar-refractivity contribution < 1.29 is 17.9 Å². The first kappa shape index (κ1) is 22.1. The molecule has 1 amide bonds. The van der Waals surface area contributed by atoms with E-state index in [0.717, 1.165) is 28.2 Å². The van der Waals surface area contributed by atoms with Gasteiger partial charge in [0.25, 0.3) is 5.91 Å². The molecule has 3 aromatic rings. The fourth-order valence-electron chi connectivity index (χ4n) is 3.82. The number of rotatable bonds is 4. The number of carbonyl (C=O) groups excluding carboxylic acids is 1. The summed E-state index contributed by atoms with van der Waals surface area (Å²) in [5.74, 6) is 0.0397. The number of hydrogen-bond acceptors (Lipinski definition) is 4. The molecule has 3 aromatic carbocycles. The van der Waals surface area contributed by atoms with E-state index < -0.39 is 16.1 Å². The molecule has 0 aliphatic carbocycles. The highest BCUT2D eigenvalue weighted by molar-refractivity contribution is 7.92. The molecular weight excluding hydrogens is 424 g/mol. The van der Waals surface area contributed by atoms with E-state index in [2.05, 4.69) is 26.1 Å². The van der Waals surface area contributed by atoms with Gasteiger partial charge in [-0.05, 0) is 45.5 Å². The number of amides is 1. The number of nitrogens with one attached hydrogen (secondary N) is 1. The lowest BCUT2D eigenvalue weighted by Gasteiger charge is -2.35. The SMILES string of the molecule is CC(C)(C)c1ccc2c(c1)N(S(C)(=O)=O)CC(C(=O)NCc1ccc3ccccc3c1)O2. The molecule has 1 heterocycles. The standard InChI is InChI=1S/C25H28N2O4S/c1-25(2,3)20-11-12-22-21(14-20)27(32(4,29)30)16-23(31-22)24(28)26-15-17-9-10-18-7-5-6-8-19(18)13-17/h5-14,23H,15-16H2,1-4H3,(H,26,28). The summed E-state index contributed by atoms with van der Waals surface area (Å²) < 4.78 is 32.2. The third kappa shape index (κ3) is 4.58. The Morgan fingerprint density at radius 1 is 1.06 bits per heavy atom. The summed E-state index contributed by atoms with van der Waals surface area (Å²) >= 11 is 0. The zero-order valence-corrected chi connectivity index (χ0v) is 19.6. The maximum atomic E-state index is 12.9. The molecule has 1 unspecified atom stereocenters. The van der Waals surface area contributed by atoms with Gasteiger partial charge in [0.2, 0.25) is 10.0 Å². The third-order valence-corrected chi connectivity index (χ3v) is 6.81. The fourth-order valence-corrected chi connectivity index (χ4v) is 4.73. The first-order chi connectivity index (χ1) is 15.0. The number of anilines is 1. The van der Waals surface area contributed by atoms with Crippen LogP contribution in [0.15, 0.2) is 60.7 Å². The Morgan fingerprint density at radius 3 is 2.47 bits per heavy atom. The van der Waals surface area contributed by atoms with Gasteiger partial charge in [-0.25, -0.2) is 8.42 Å². The maximum Gasteiger partial charge on any atom is 0.263 e. The molecule has 6 nitrogen and oxygen atoms in total. The van der Waals surface area contributed by atoms with E-state index in [9.17, 15) is 13.2 Å². The Hall–Kier alpha value is -3.06. The summed E-state index contributed by atoms with van der Waals surface area (Å²) in [6.45, 7) is 6.45. The van der Waals surface area contributed by atoms with Crippen LogP contribution in [0.3, 0.4) is 0 Å². The van der Waals surface area contributed by atoms with Gasteiger partial charge < -0.3 is 10.1 Å². The smallest absolute Gasteiger partial charge is 0.263 e. The van der Waals surface area contributed by atoms with E-state index in [4.69, 9.17) is 4.74 Å². The predicted molar refractivity (Wildman–Crippen MR) is 128 cm³/mol. The maximum absolute atomic E-state index is 12.9. The van der Waals surface area contributed by atoms with Crippen LogP contribution in [0.25, 0.3) is 10.8 Å². The number of ether oxygens (including phenoxy) is 1. The highest BCUT2D eigenvalue weighted by Gasteiger charge is 2.35. The third-order valence-electron chi connectivity index (χ3n) is 5.67. The van der Waals surface area contributed by atoms with Crippen molar-refractivity contribution in [2.24, 2.45) is 0 Å². The Bertz CT molecular complexity index is 1280. The van der Waals surface area contributed by atoms with Gasteiger partial charge in [-0.1, -0.05) is 63.2 Å². The minimum atomic E-state index is -3.59.